The maximum absolute atomic E-state index is 13.6. The largest absolute Gasteiger partial charge is 0.379 e. The molecule has 0 fully saturated rings. The average Bonchev–Trinajstić information content (AvgIpc) is 2.37. The number of hydrogen-bond acceptors (Lipinski definition) is 2. The molecular weight excluding hydrogens is 248 g/mol. The fraction of sp³-hybridized carbons (Fsp3) is 0.600. The predicted octanol–water partition coefficient (Wildman–Crippen LogP) is 3.30. The molecule has 1 atom stereocenters. The molecule has 1 aromatic carbocycles. The molecule has 0 saturated carbocycles. The van der Waals surface area contributed by atoms with Gasteiger partial charge in [-0.2, -0.15) is 0 Å². The van der Waals surface area contributed by atoms with Crippen LogP contribution >= 0.6 is 0 Å². The molecule has 0 saturated heterocycles. The molecule has 108 valence electrons. The first-order chi connectivity index (χ1) is 8.89. The second kappa shape index (κ2) is 6.96. The number of likely N-dealkylation sites (N-methyl/N-ethyl adjacent to an activating group) is 1. The van der Waals surface area contributed by atoms with Crippen molar-refractivity contribution in [2.75, 3.05) is 14.2 Å². The van der Waals surface area contributed by atoms with E-state index in [1.807, 2.05) is 20.9 Å². The molecule has 1 rings (SSSR count). The SMILES string of the molecule is CNC(CCC(C)(C)OC)Cc1c(F)cccc1F. The number of ether oxygens (including phenoxy) is 1. The van der Waals surface area contributed by atoms with E-state index in [1.165, 1.54) is 18.2 Å². The van der Waals surface area contributed by atoms with E-state index in [1.54, 1.807) is 7.11 Å². The standard InChI is InChI=1S/C15H23F2NO/c1-15(2,19-4)9-8-11(18-3)10-12-13(16)6-5-7-14(12)17/h5-7,11,18H,8-10H2,1-4H3. The van der Waals surface area contributed by atoms with Gasteiger partial charge in [0, 0.05) is 18.7 Å². The Bertz CT molecular complexity index is 387. The molecule has 0 amide bonds. The molecule has 19 heavy (non-hydrogen) atoms. The van der Waals surface area contributed by atoms with E-state index in [2.05, 4.69) is 5.32 Å². The van der Waals surface area contributed by atoms with Gasteiger partial charge >= 0.3 is 0 Å². The van der Waals surface area contributed by atoms with Crippen molar-refractivity contribution in [3.63, 3.8) is 0 Å². The Kier molecular flexibility index (Phi) is 5.88. The molecule has 4 heteroatoms. The topological polar surface area (TPSA) is 21.3 Å². The summed E-state index contributed by atoms with van der Waals surface area (Å²) in [4.78, 5) is 0. The highest BCUT2D eigenvalue weighted by molar-refractivity contribution is 5.20. The summed E-state index contributed by atoms with van der Waals surface area (Å²) in [5.74, 6) is -0.961. The fourth-order valence-corrected chi connectivity index (χ4v) is 1.95. The summed E-state index contributed by atoms with van der Waals surface area (Å²) in [7, 11) is 3.48. The number of nitrogens with one attached hydrogen (secondary N) is 1. The third-order valence-corrected chi connectivity index (χ3v) is 3.57. The zero-order valence-corrected chi connectivity index (χ0v) is 12.1. The molecule has 0 aliphatic rings. The van der Waals surface area contributed by atoms with Gasteiger partial charge in [-0.3, -0.25) is 0 Å². The lowest BCUT2D eigenvalue weighted by atomic mass is 9.95. The summed E-state index contributed by atoms with van der Waals surface area (Å²) >= 11 is 0. The molecule has 2 nitrogen and oxygen atoms in total. The van der Waals surface area contributed by atoms with E-state index in [0.717, 1.165) is 12.8 Å². The van der Waals surface area contributed by atoms with Gasteiger partial charge in [-0.1, -0.05) is 6.07 Å². The van der Waals surface area contributed by atoms with Crippen molar-refractivity contribution >= 4 is 0 Å². The molecule has 1 unspecified atom stereocenters. The number of rotatable bonds is 7. The lowest BCUT2D eigenvalue weighted by Gasteiger charge is -2.26. The highest BCUT2D eigenvalue weighted by Gasteiger charge is 2.20. The first kappa shape index (κ1) is 16.1. The van der Waals surface area contributed by atoms with E-state index < -0.39 is 11.6 Å². The van der Waals surface area contributed by atoms with Gasteiger partial charge in [0.05, 0.1) is 5.60 Å². The number of benzene rings is 1. The minimum absolute atomic E-state index is 0.0285. The first-order valence-corrected chi connectivity index (χ1v) is 6.55. The normalized spacial score (nSPS) is 13.6. The maximum atomic E-state index is 13.6. The molecule has 1 N–H and O–H groups in total. The van der Waals surface area contributed by atoms with E-state index in [-0.39, 0.29) is 17.2 Å². The summed E-state index contributed by atoms with van der Waals surface area (Å²) in [6.45, 7) is 4.01. The maximum Gasteiger partial charge on any atom is 0.129 e. The van der Waals surface area contributed by atoms with Crippen LogP contribution in [-0.2, 0) is 11.2 Å². The van der Waals surface area contributed by atoms with Gasteiger partial charge in [0.25, 0.3) is 0 Å². The molecular formula is C15H23F2NO. The minimum Gasteiger partial charge on any atom is -0.379 e. The molecule has 0 bridgehead atoms. The Balaban J connectivity index is 2.67. The Morgan fingerprint density at radius 3 is 2.32 bits per heavy atom. The second-order valence-electron chi connectivity index (χ2n) is 5.39. The number of halogens is 2. The van der Waals surface area contributed by atoms with Crippen LogP contribution in [0.1, 0.15) is 32.3 Å². The van der Waals surface area contributed by atoms with Gasteiger partial charge in [0.15, 0.2) is 0 Å². The minimum atomic E-state index is -0.480. The van der Waals surface area contributed by atoms with Crippen molar-refractivity contribution < 1.29 is 13.5 Å². The molecule has 1 aromatic rings. The molecule has 0 spiro atoms. The van der Waals surface area contributed by atoms with Crippen LogP contribution in [0.3, 0.4) is 0 Å². The van der Waals surface area contributed by atoms with Crippen molar-refractivity contribution in [2.24, 2.45) is 0 Å². The Labute approximate surface area is 114 Å². The van der Waals surface area contributed by atoms with Gasteiger partial charge in [-0.25, -0.2) is 8.78 Å². The highest BCUT2D eigenvalue weighted by Crippen LogP contribution is 2.20. The Hall–Kier alpha value is -1.00. The quantitative estimate of drug-likeness (QED) is 0.821. The third kappa shape index (κ3) is 4.88. The van der Waals surface area contributed by atoms with Crippen LogP contribution < -0.4 is 5.32 Å². The third-order valence-electron chi connectivity index (χ3n) is 3.57. The molecule has 0 aliphatic carbocycles. The Morgan fingerprint density at radius 2 is 1.84 bits per heavy atom. The van der Waals surface area contributed by atoms with E-state index in [0.29, 0.717) is 6.42 Å². The molecule has 0 aromatic heterocycles. The summed E-state index contributed by atoms with van der Waals surface area (Å²) in [5.41, 5.74) is -0.0693. The number of hydrogen-bond donors (Lipinski definition) is 1. The predicted molar refractivity (Wildman–Crippen MR) is 73.2 cm³/mol. The highest BCUT2D eigenvalue weighted by atomic mass is 19.1. The van der Waals surface area contributed by atoms with Crippen LogP contribution in [-0.4, -0.2) is 25.8 Å². The van der Waals surface area contributed by atoms with Gasteiger partial charge < -0.3 is 10.1 Å². The van der Waals surface area contributed by atoms with E-state index >= 15 is 0 Å². The smallest absolute Gasteiger partial charge is 0.129 e. The van der Waals surface area contributed by atoms with Crippen LogP contribution in [0.25, 0.3) is 0 Å². The lowest BCUT2D eigenvalue weighted by Crippen LogP contribution is -2.32. The second-order valence-corrected chi connectivity index (χ2v) is 5.39. The average molecular weight is 271 g/mol. The van der Waals surface area contributed by atoms with Crippen LogP contribution in [0.5, 0.6) is 0 Å². The van der Waals surface area contributed by atoms with Crippen LogP contribution in [0.2, 0.25) is 0 Å². The fourth-order valence-electron chi connectivity index (χ4n) is 1.95. The summed E-state index contributed by atoms with van der Waals surface area (Å²) in [6.07, 6.45) is 1.96. The van der Waals surface area contributed by atoms with Crippen molar-refractivity contribution in [3.8, 4) is 0 Å². The van der Waals surface area contributed by atoms with Crippen LogP contribution in [0.4, 0.5) is 8.78 Å². The van der Waals surface area contributed by atoms with Crippen molar-refractivity contribution in [1.82, 2.24) is 5.32 Å². The van der Waals surface area contributed by atoms with Gasteiger partial charge in [0.2, 0.25) is 0 Å². The van der Waals surface area contributed by atoms with Crippen LogP contribution in [0, 0.1) is 11.6 Å². The van der Waals surface area contributed by atoms with E-state index in [4.69, 9.17) is 4.74 Å². The molecule has 0 aliphatic heterocycles. The summed E-state index contributed by atoms with van der Waals surface area (Å²) in [5, 5.41) is 3.11. The molecule has 0 radical (unpaired) electrons. The van der Waals surface area contributed by atoms with Gasteiger partial charge in [-0.05, 0) is 52.3 Å². The summed E-state index contributed by atoms with van der Waals surface area (Å²) in [6, 6.07) is 4.01. The van der Waals surface area contributed by atoms with Crippen molar-refractivity contribution in [3.05, 3.63) is 35.4 Å². The van der Waals surface area contributed by atoms with Crippen molar-refractivity contribution in [2.45, 2.75) is 44.8 Å². The van der Waals surface area contributed by atoms with E-state index in [9.17, 15) is 8.78 Å². The van der Waals surface area contributed by atoms with Crippen LogP contribution in [0.15, 0.2) is 18.2 Å². The zero-order valence-electron chi connectivity index (χ0n) is 12.1. The molecule has 0 heterocycles. The monoisotopic (exact) mass is 271 g/mol. The zero-order chi connectivity index (χ0) is 14.5. The Morgan fingerprint density at radius 1 is 1.26 bits per heavy atom. The summed E-state index contributed by atoms with van der Waals surface area (Å²) < 4.78 is 32.5. The number of methoxy groups -OCH3 is 1. The van der Waals surface area contributed by atoms with Crippen molar-refractivity contribution in [1.29, 1.82) is 0 Å². The lowest BCUT2D eigenvalue weighted by molar-refractivity contribution is 0.0118. The van der Waals surface area contributed by atoms with Gasteiger partial charge in [-0.15, -0.1) is 0 Å². The first-order valence-electron chi connectivity index (χ1n) is 6.55. The van der Waals surface area contributed by atoms with Gasteiger partial charge in [0.1, 0.15) is 11.6 Å².